The quantitative estimate of drug-likeness (QED) is 0.505. The number of benzene rings is 1. The third-order valence-corrected chi connectivity index (χ3v) is 5.64. The van der Waals surface area contributed by atoms with Gasteiger partial charge in [-0.05, 0) is 13.0 Å². The van der Waals surface area contributed by atoms with E-state index in [9.17, 15) is 23.3 Å². The summed E-state index contributed by atoms with van der Waals surface area (Å²) in [4.78, 5) is 22.6. The fourth-order valence-electron chi connectivity index (χ4n) is 2.27. The van der Waals surface area contributed by atoms with Crippen LogP contribution in [0.25, 0.3) is 0 Å². The second-order valence-electron chi connectivity index (χ2n) is 4.90. The molecule has 0 saturated carbocycles. The van der Waals surface area contributed by atoms with Gasteiger partial charge in [-0.2, -0.15) is 0 Å². The molecule has 1 N–H and O–H groups in total. The molecule has 0 spiro atoms. The van der Waals surface area contributed by atoms with Crippen molar-refractivity contribution in [1.29, 1.82) is 0 Å². The average Bonchev–Trinajstić information content (AvgIpc) is 2.61. The number of carbonyl (C=O) groups is 1. The summed E-state index contributed by atoms with van der Waals surface area (Å²) in [5.41, 5.74) is -0.0377. The van der Waals surface area contributed by atoms with Crippen molar-refractivity contribution in [2.75, 3.05) is 11.5 Å². The van der Waals surface area contributed by atoms with E-state index in [-0.39, 0.29) is 22.8 Å². The Morgan fingerprint density at radius 3 is 2.62 bits per heavy atom. The van der Waals surface area contributed by atoms with Crippen LogP contribution >= 0.6 is 11.6 Å². The molecule has 1 aliphatic heterocycles. The van der Waals surface area contributed by atoms with Gasteiger partial charge < -0.3 is 5.32 Å². The van der Waals surface area contributed by atoms with Crippen LogP contribution in [0.5, 0.6) is 0 Å². The van der Waals surface area contributed by atoms with Crippen molar-refractivity contribution in [2.24, 2.45) is 0 Å². The topological polar surface area (TPSA) is 106 Å². The summed E-state index contributed by atoms with van der Waals surface area (Å²) in [5, 5.41) is 12.8. The van der Waals surface area contributed by atoms with E-state index in [1.165, 1.54) is 25.1 Å². The molecule has 2 rings (SSSR count). The van der Waals surface area contributed by atoms with Gasteiger partial charge in [0.25, 0.3) is 11.6 Å². The number of nitro benzene ring substituents is 1. The maximum atomic E-state index is 12.2. The Labute approximate surface area is 126 Å². The van der Waals surface area contributed by atoms with Gasteiger partial charge in [0.2, 0.25) is 0 Å². The summed E-state index contributed by atoms with van der Waals surface area (Å²) in [5.74, 6) is -1.17. The summed E-state index contributed by atoms with van der Waals surface area (Å²) in [7, 11) is -3.29. The first-order valence-electron chi connectivity index (χ1n) is 6.10. The normalized spacial score (nSPS) is 23.7. The number of nitro groups is 1. The number of carbonyl (C=O) groups excluding carboxylic acids is 1. The molecule has 0 aromatic heterocycles. The molecular formula is C12H13ClN2O5S. The number of alkyl halides is 1. The van der Waals surface area contributed by atoms with Crippen molar-refractivity contribution in [3.05, 3.63) is 39.4 Å². The van der Waals surface area contributed by atoms with Crippen LogP contribution in [0.15, 0.2) is 18.2 Å². The number of hydrogen-bond donors (Lipinski definition) is 1. The Balaban J connectivity index is 2.26. The molecule has 0 radical (unpaired) electrons. The summed E-state index contributed by atoms with van der Waals surface area (Å²) < 4.78 is 22.9. The molecule has 1 amide bonds. The minimum atomic E-state index is -3.29. The first kappa shape index (κ1) is 15.7. The molecule has 1 heterocycles. The Morgan fingerprint density at radius 2 is 2.10 bits per heavy atom. The van der Waals surface area contributed by atoms with E-state index >= 15 is 0 Å². The Morgan fingerprint density at radius 1 is 1.43 bits per heavy atom. The number of rotatable bonds is 3. The van der Waals surface area contributed by atoms with E-state index in [4.69, 9.17) is 11.6 Å². The zero-order chi connectivity index (χ0) is 15.8. The summed E-state index contributed by atoms with van der Waals surface area (Å²) in [6, 6.07) is 3.64. The Kier molecular flexibility index (Phi) is 4.20. The summed E-state index contributed by atoms with van der Waals surface area (Å²) in [6.45, 7) is 1.53. The van der Waals surface area contributed by atoms with Crippen LogP contribution in [0.4, 0.5) is 5.69 Å². The van der Waals surface area contributed by atoms with E-state index in [1.54, 1.807) is 0 Å². The number of halogens is 1. The molecule has 2 unspecified atom stereocenters. The SMILES string of the molecule is Cc1cccc(C(=O)NC2CS(=O)(=O)CC2Cl)c1[N+](=O)[O-]. The van der Waals surface area contributed by atoms with Gasteiger partial charge in [-0.25, -0.2) is 8.42 Å². The lowest BCUT2D eigenvalue weighted by Gasteiger charge is -2.14. The smallest absolute Gasteiger partial charge is 0.285 e. The van der Waals surface area contributed by atoms with Gasteiger partial charge in [-0.15, -0.1) is 11.6 Å². The van der Waals surface area contributed by atoms with E-state index in [0.29, 0.717) is 5.56 Å². The van der Waals surface area contributed by atoms with Crippen LogP contribution in [-0.2, 0) is 9.84 Å². The number of amides is 1. The van der Waals surface area contributed by atoms with Gasteiger partial charge in [0.05, 0.1) is 27.8 Å². The van der Waals surface area contributed by atoms with Crippen LogP contribution in [0.2, 0.25) is 0 Å². The molecular weight excluding hydrogens is 320 g/mol. The first-order chi connectivity index (χ1) is 9.71. The lowest BCUT2D eigenvalue weighted by Crippen LogP contribution is -2.40. The Bertz CT molecular complexity index is 704. The molecule has 1 aliphatic rings. The summed E-state index contributed by atoms with van der Waals surface area (Å²) >= 11 is 5.90. The zero-order valence-electron chi connectivity index (χ0n) is 11.1. The third-order valence-electron chi connectivity index (χ3n) is 3.26. The highest BCUT2D eigenvalue weighted by Gasteiger charge is 2.38. The second-order valence-corrected chi connectivity index (χ2v) is 7.62. The molecule has 21 heavy (non-hydrogen) atoms. The van der Waals surface area contributed by atoms with Crippen LogP contribution in [-0.4, -0.2) is 42.2 Å². The van der Waals surface area contributed by atoms with E-state index in [2.05, 4.69) is 5.32 Å². The number of hydrogen-bond acceptors (Lipinski definition) is 5. The number of para-hydroxylation sites is 1. The van der Waals surface area contributed by atoms with Crippen LogP contribution in [0.1, 0.15) is 15.9 Å². The molecule has 0 bridgehead atoms. The third kappa shape index (κ3) is 3.33. The predicted octanol–water partition coefficient (Wildman–Crippen LogP) is 1.04. The molecule has 1 aromatic carbocycles. The highest BCUT2D eigenvalue weighted by molar-refractivity contribution is 7.91. The first-order valence-corrected chi connectivity index (χ1v) is 8.36. The van der Waals surface area contributed by atoms with Crippen LogP contribution in [0.3, 0.4) is 0 Å². The van der Waals surface area contributed by atoms with E-state index in [1.807, 2.05) is 0 Å². The van der Waals surface area contributed by atoms with Crippen molar-refractivity contribution in [2.45, 2.75) is 18.3 Å². The second kappa shape index (κ2) is 5.61. The van der Waals surface area contributed by atoms with Crippen molar-refractivity contribution < 1.29 is 18.1 Å². The Hall–Kier alpha value is -1.67. The molecule has 1 aromatic rings. The van der Waals surface area contributed by atoms with E-state index < -0.39 is 32.1 Å². The lowest BCUT2D eigenvalue weighted by molar-refractivity contribution is -0.385. The largest absolute Gasteiger partial charge is 0.347 e. The van der Waals surface area contributed by atoms with Crippen molar-refractivity contribution in [3.63, 3.8) is 0 Å². The van der Waals surface area contributed by atoms with Crippen molar-refractivity contribution in [1.82, 2.24) is 5.32 Å². The minimum absolute atomic E-state index is 0.104. The summed E-state index contributed by atoms with van der Waals surface area (Å²) in [6.07, 6.45) is 0. The van der Waals surface area contributed by atoms with Crippen molar-refractivity contribution in [3.8, 4) is 0 Å². The highest BCUT2D eigenvalue weighted by atomic mass is 35.5. The molecule has 1 fully saturated rings. The van der Waals surface area contributed by atoms with Gasteiger partial charge in [0.1, 0.15) is 5.56 Å². The molecule has 1 saturated heterocycles. The van der Waals surface area contributed by atoms with Gasteiger partial charge >= 0.3 is 0 Å². The maximum absolute atomic E-state index is 12.2. The molecule has 7 nitrogen and oxygen atoms in total. The number of sulfone groups is 1. The molecule has 0 aliphatic carbocycles. The van der Waals surface area contributed by atoms with E-state index in [0.717, 1.165) is 0 Å². The standard InChI is InChI=1S/C12H13ClN2O5S/c1-7-3-2-4-8(11(7)15(17)18)12(16)14-10-6-21(19,20)5-9(10)13/h2-4,9-10H,5-6H2,1H3,(H,14,16). The monoisotopic (exact) mass is 332 g/mol. The van der Waals surface area contributed by atoms with Crippen LogP contribution in [0, 0.1) is 17.0 Å². The number of nitrogens with zero attached hydrogens (tertiary/aromatic N) is 1. The van der Waals surface area contributed by atoms with Gasteiger partial charge in [-0.1, -0.05) is 12.1 Å². The maximum Gasteiger partial charge on any atom is 0.285 e. The van der Waals surface area contributed by atoms with Gasteiger partial charge in [0.15, 0.2) is 9.84 Å². The minimum Gasteiger partial charge on any atom is -0.347 e. The van der Waals surface area contributed by atoms with Crippen LogP contribution < -0.4 is 5.32 Å². The van der Waals surface area contributed by atoms with Gasteiger partial charge in [0, 0.05) is 5.56 Å². The fourth-order valence-corrected chi connectivity index (χ4v) is 4.82. The highest BCUT2D eigenvalue weighted by Crippen LogP contribution is 2.24. The fraction of sp³-hybridized carbons (Fsp3) is 0.417. The average molecular weight is 333 g/mol. The number of aryl methyl sites for hydroxylation is 1. The molecule has 2 atom stereocenters. The molecule has 9 heteroatoms. The van der Waals surface area contributed by atoms with Crippen molar-refractivity contribution >= 4 is 33.0 Å². The predicted molar refractivity (Wildman–Crippen MR) is 77.4 cm³/mol. The molecule has 114 valence electrons. The van der Waals surface area contributed by atoms with Gasteiger partial charge in [-0.3, -0.25) is 14.9 Å². The number of nitrogens with one attached hydrogen (secondary N) is 1. The lowest BCUT2D eigenvalue weighted by atomic mass is 10.1. The zero-order valence-corrected chi connectivity index (χ0v) is 12.6.